The van der Waals surface area contributed by atoms with E-state index in [0.717, 1.165) is 0 Å². The van der Waals surface area contributed by atoms with Crippen molar-refractivity contribution in [3.05, 3.63) is 63.2 Å². The van der Waals surface area contributed by atoms with Gasteiger partial charge in [0.2, 0.25) is 0 Å². The SMILES string of the molecule is CC(=O)c1ccc(Oc2ccc([N+](=O)[O-])cc2Cl)cc1. The molecule has 5 nitrogen and oxygen atoms in total. The molecule has 0 aliphatic rings. The summed E-state index contributed by atoms with van der Waals surface area (Å²) in [7, 11) is 0. The molecular formula is C14H10ClNO4. The van der Waals surface area contributed by atoms with Crippen LogP contribution in [0.5, 0.6) is 11.5 Å². The molecule has 0 radical (unpaired) electrons. The minimum atomic E-state index is -0.530. The Balaban J connectivity index is 2.21. The van der Waals surface area contributed by atoms with Crippen LogP contribution in [0.3, 0.4) is 0 Å². The number of non-ortho nitro benzene ring substituents is 1. The van der Waals surface area contributed by atoms with Crippen LogP contribution < -0.4 is 4.74 Å². The minimum absolute atomic E-state index is 0.0371. The van der Waals surface area contributed by atoms with Crippen LogP contribution in [0.2, 0.25) is 5.02 Å². The molecule has 0 aliphatic carbocycles. The number of Topliss-reactive ketones (excluding diaryl/α,β-unsaturated/α-hetero) is 1. The molecule has 0 heterocycles. The zero-order valence-corrected chi connectivity index (χ0v) is 11.3. The van der Waals surface area contributed by atoms with Gasteiger partial charge in [0.15, 0.2) is 5.78 Å². The van der Waals surface area contributed by atoms with Crippen molar-refractivity contribution in [1.29, 1.82) is 0 Å². The van der Waals surface area contributed by atoms with Crippen LogP contribution >= 0.6 is 11.6 Å². The van der Waals surface area contributed by atoms with Crippen molar-refractivity contribution >= 4 is 23.1 Å². The van der Waals surface area contributed by atoms with Gasteiger partial charge in [-0.15, -0.1) is 0 Å². The van der Waals surface area contributed by atoms with Gasteiger partial charge in [-0.2, -0.15) is 0 Å². The summed E-state index contributed by atoms with van der Waals surface area (Å²) in [6.07, 6.45) is 0. The van der Waals surface area contributed by atoms with E-state index in [1.807, 2.05) is 0 Å². The number of carbonyl (C=O) groups excluding carboxylic acids is 1. The van der Waals surface area contributed by atoms with E-state index in [4.69, 9.17) is 16.3 Å². The first kappa shape index (κ1) is 14.0. The second kappa shape index (κ2) is 5.71. The minimum Gasteiger partial charge on any atom is -0.456 e. The average Bonchev–Trinajstić information content (AvgIpc) is 2.41. The zero-order chi connectivity index (χ0) is 14.7. The fraction of sp³-hybridized carbons (Fsp3) is 0.0714. The van der Waals surface area contributed by atoms with E-state index in [1.165, 1.54) is 25.1 Å². The second-order valence-corrected chi connectivity index (χ2v) is 4.46. The molecule has 0 atom stereocenters. The molecule has 0 aromatic heterocycles. The number of hydrogen-bond donors (Lipinski definition) is 0. The summed E-state index contributed by atoms with van der Waals surface area (Å²) in [4.78, 5) is 21.2. The summed E-state index contributed by atoms with van der Waals surface area (Å²) >= 11 is 5.92. The molecule has 20 heavy (non-hydrogen) atoms. The average molecular weight is 292 g/mol. The number of ether oxygens (including phenoxy) is 1. The maximum atomic E-state index is 11.1. The van der Waals surface area contributed by atoms with Crippen LogP contribution in [0.4, 0.5) is 5.69 Å². The molecule has 0 saturated heterocycles. The topological polar surface area (TPSA) is 69.4 Å². The monoisotopic (exact) mass is 291 g/mol. The Bertz CT molecular complexity index is 667. The van der Waals surface area contributed by atoms with Gasteiger partial charge < -0.3 is 4.74 Å². The quantitative estimate of drug-likeness (QED) is 0.480. The van der Waals surface area contributed by atoms with E-state index in [9.17, 15) is 14.9 Å². The van der Waals surface area contributed by atoms with Crippen molar-refractivity contribution in [2.75, 3.05) is 0 Å². The third kappa shape index (κ3) is 3.13. The zero-order valence-electron chi connectivity index (χ0n) is 10.5. The van der Waals surface area contributed by atoms with Crippen molar-refractivity contribution in [2.24, 2.45) is 0 Å². The Morgan fingerprint density at radius 2 is 1.85 bits per heavy atom. The number of nitrogens with zero attached hydrogens (tertiary/aromatic N) is 1. The van der Waals surface area contributed by atoms with E-state index >= 15 is 0 Å². The first-order chi connectivity index (χ1) is 9.47. The van der Waals surface area contributed by atoms with Crippen molar-refractivity contribution in [1.82, 2.24) is 0 Å². The van der Waals surface area contributed by atoms with Gasteiger partial charge in [0, 0.05) is 17.7 Å². The van der Waals surface area contributed by atoms with E-state index in [0.29, 0.717) is 17.1 Å². The highest BCUT2D eigenvalue weighted by Gasteiger charge is 2.11. The lowest BCUT2D eigenvalue weighted by atomic mass is 10.1. The van der Waals surface area contributed by atoms with Crippen molar-refractivity contribution in [3.63, 3.8) is 0 Å². The number of benzene rings is 2. The summed E-state index contributed by atoms with van der Waals surface area (Å²) in [5.41, 5.74) is 0.474. The molecule has 0 fully saturated rings. The normalized spacial score (nSPS) is 10.1. The van der Waals surface area contributed by atoms with Gasteiger partial charge >= 0.3 is 0 Å². The first-order valence-electron chi connectivity index (χ1n) is 5.70. The lowest BCUT2D eigenvalue weighted by Gasteiger charge is -2.07. The Morgan fingerprint density at radius 3 is 2.35 bits per heavy atom. The molecule has 0 amide bonds. The van der Waals surface area contributed by atoms with Crippen LogP contribution in [0.15, 0.2) is 42.5 Å². The standard InChI is InChI=1S/C14H10ClNO4/c1-9(17)10-2-5-12(6-3-10)20-14-7-4-11(16(18)19)8-13(14)15/h2-8H,1H3. The molecule has 0 spiro atoms. The van der Waals surface area contributed by atoms with Crippen LogP contribution in [0.25, 0.3) is 0 Å². The molecule has 0 aliphatic heterocycles. The lowest BCUT2D eigenvalue weighted by molar-refractivity contribution is -0.384. The third-order valence-electron chi connectivity index (χ3n) is 2.61. The van der Waals surface area contributed by atoms with Gasteiger partial charge in [-0.05, 0) is 37.3 Å². The Kier molecular flexibility index (Phi) is 4.00. The molecule has 0 N–H and O–H groups in total. The third-order valence-corrected chi connectivity index (χ3v) is 2.91. The molecule has 0 bridgehead atoms. The Morgan fingerprint density at radius 1 is 1.20 bits per heavy atom. The van der Waals surface area contributed by atoms with Crippen LogP contribution in [-0.2, 0) is 0 Å². The Labute approximate surface area is 119 Å². The van der Waals surface area contributed by atoms with Gasteiger partial charge in [0.1, 0.15) is 11.5 Å². The molecular weight excluding hydrogens is 282 g/mol. The van der Waals surface area contributed by atoms with Crippen molar-refractivity contribution in [2.45, 2.75) is 6.92 Å². The van der Waals surface area contributed by atoms with E-state index in [2.05, 4.69) is 0 Å². The van der Waals surface area contributed by atoms with Gasteiger partial charge in [-0.1, -0.05) is 11.6 Å². The molecule has 0 unspecified atom stereocenters. The van der Waals surface area contributed by atoms with Crippen molar-refractivity contribution in [3.8, 4) is 11.5 Å². The number of halogens is 1. The molecule has 2 aromatic carbocycles. The number of nitro groups is 1. The van der Waals surface area contributed by atoms with E-state index in [-0.39, 0.29) is 16.5 Å². The highest BCUT2D eigenvalue weighted by molar-refractivity contribution is 6.32. The highest BCUT2D eigenvalue weighted by atomic mass is 35.5. The molecule has 2 rings (SSSR count). The molecule has 2 aromatic rings. The summed E-state index contributed by atoms with van der Waals surface area (Å²) in [6.45, 7) is 1.48. The lowest BCUT2D eigenvalue weighted by Crippen LogP contribution is -1.92. The Hall–Kier alpha value is -2.40. The summed E-state index contributed by atoms with van der Waals surface area (Å²) < 4.78 is 5.51. The largest absolute Gasteiger partial charge is 0.456 e. The van der Waals surface area contributed by atoms with Crippen molar-refractivity contribution < 1.29 is 14.5 Å². The highest BCUT2D eigenvalue weighted by Crippen LogP contribution is 2.32. The smallest absolute Gasteiger partial charge is 0.271 e. The molecule has 0 saturated carbocycles. The van der Waals surface area contributed by atoms with E-state index < -0.39 is 4.92 Å². The van der Waals surface area contributed by atoms with Gasteiger partial charge in [-0.25, -0.2) is 0 Å². The van der Waals surface area contributed by atoms with Crippen LogP contribution in [0, 0.1) is 10.1 Å². The number of rotatable bonds is 4. The van der Waals surface area contributed by atoms with E-state index in [1.54, 1.807) is 24.3 Å². The number of ketones is 1. The summed E-state index contributed by atoms with van der Waals surface area (Å²) in [5.74, 6) is 0.767. The maximum Gasteiger partial charge on any atom is 0.271 e. The molecule has 6 heteroatoms. The molecule has 102 valence electrons. The predicted molar refractivity (Wildman–Crippen MR) is 74.6 cm³/mol. The van der Waals surface area contributed by atoms with Crippen LogP contribution in [-0.4, -0.2) is 10.7 Å². The number of carbonyl (C=O) groups is 1. The first-order valence-corrected chi connectivity index (χ1v) is 6.08. The number of nitro benzene ring substituents is 1. The predicted octanol–water partition coefficient (Wildman–Crippen LogP) is 4.24. The fourth-order valence-corrected chi connectivity index (χ4v) is 1.78. The van der Waals surface area contributed by atoms with Gasteiger partial charge in [-0.3, -0.25) is 14.9 Å². The van der Waals surface area contributed by atoms with Gasteiger partial charge in [0.05, 0.1) is 9.95 Å². The second-order valence-electron chi connectivity index (χ2n) is 4.05. The maximum absolute atomic E-state index is 11.1. The summed E-state index contributed by atoms with van der Waals surface area (Å²) in [6, 6.07) is 10.5. The number of hydrogen-bond acceptors (Lipinski definition) is 4. The summed E-state index contributed by atoms with van der Waals surface area (Å²) in [5, 5.41) is 10.7. The fourth-order valence-electron chi connectivity index (χ4n) is 1.57. The van der Waals surface area contributed by atoms with Gasteiger partial charge in [0.25, 0.3) is 5.69 Å². The van der Waals surface area contributed by atoms with Crippen LogP contribution in [0.1, 0.15) is 17.3 Å².